The lowest BCUT2D eigenvalue weighted by molar-refractivity contribution is 0.876. The molecule has 4 aromatic rings. The van der Waals surface area contributed by atoms with Crippen molar-refractivity contribution in [2.24, 2.45) is 0 Å². The number of aromatic amines is 1. The van der Waals surface area contributed by atoms with E-state index in [1.54, 1.807) is 6.92 Å². The maximum absolute atomic E-state index is 12.3. The first-order chi connectivity index (χ1) is 11.6. The molecule has 0 atom stereocenters. The van der Waals surface area contributed by atoms with Crippen LogP contribution in [0, 0.1) is 13.8 Å². The molecule has 0 spiro atoms. The van der Waals surface area contributed by atoms with Crippen LogP contribution in [0.15, 0.2) is 65.5 Å². The molecule has 0 saturated heterocycles. The third-order valence-electron chi connectivity index (χ3n) is 4.39. The number of benzene rings is 2. The predicted octanol–water partition coefficient (Wildman–Crippen LogP) is 3.97. The van der Waals surface area contributed by atoms with E-state index in [1.807, 2.05) is 31.2 Å². The van der Waals surface area contributed by atoms with Gasteiger partial charge in [0.15, 0.2) is 5.65 Å². The van der Waals surface area contributed by atoms with Crippen molar-refractivity contribution in [2.45, 2.75) is 13.8 Å². The summed E-state index contributed by atoms with van der Waals surface area (Å²) in [6, 6.07) is 20.4. The molecule has 0 radical (unpaired) electrons. The summed E-state index contributed by atoms with van der Waals surface area (Å²) in [6.07, 6.45) is 0. The van der Waals surface area contributed by atoms with E-state index in [4.69, 9.17) is 0 Å². The molecule has 0 aliphatic rings. The molecule has 0 aliphatic carbocycles. The molecule has 4 nitrogen and oxygen atoms in total. The Hall–Kier alpha value is -3.14. The van der Waals surface area contributed by atoms with Crippen molar-refractivity contribution in [2.75, 3.05) is 0 Å². The molecule has 0 aliphatic heterocycles. The van der Waals surface area contributed by atoms with Crippen LogP contribution in [0.4, 0.5) is 0 Å². The van der Waals surface area contributed by atoms with Crippen LogP contribution >= 0.6 is 0 Å². The number of hydrogen-bond donors (Lipinski definition) is 1. The van der Waals surface area contributed by atoms with Crippen molar-refractivity contribution in [3.8, 4) is 22.4 Å². The third-order valence-corrected chi connectivity index (χ3v) is 4.39. The van der Waals surface area contributed by atoms with Gasteiger partial charge in [0, 0.05) is 17.3 Å². The van der Waals surface area contributed by atoms with Crippen molar-refractivity contribution in [3.63, 3.8) is 0 Å². The Morgan fingerprint density at radius 1 is 0.875 bits per heavy atom. The maximum atomic E-state index is 12.3. The van der Waals surface area contributed by atoms with Gasteiger partial charge in [-0.15, -0.1) is 0 Å². The van der Waals surface area contributed by atoms with Crippen molar-refractivity contribution in [1.29, 1.82) is 0 Å². The summed E-state index contributed by atoms with van der Waals surface area (Å²) in [5.74, 6) is 0. The normalized spacial score (nSPS) is 11.1. The molecule has 1 N–H and O–H groups in total. The van der Waals surface area contributed by atoms with Gasteiger partial charge >= 0.3 is 0 Å². The first-order valence-corrected chi connectivity index (χ1v) is 7.88. The number of aromatic nitrogens is 3. The summed E-state index contributed by atoms with van der Waals surface area (Å²) >= 11 is 0. The molecule has 0 bridgehead atoms. The molecule has 0 saturated carbocycles. The first-order valence-electron chi connectivity index (χ1n) is 7.88. The largest absolute Gasteiger partial charge is 0.289 e. The highest BCUT2D eigenvalue weighted by molar-refractivity contribution is 5.70. The standard InChI is InChI=1S/C20H17N3O/c1-13-14(2)21-19-12-18(22-23(19)20(13)24)17-10-8-16(9-11-17)15-6-4-3-5-7-15/h3-12,22H,1-2H3. The average molecular weight is 315 g/mol. The second-order valence-electron chi connectivity index (χ2n) is 5.93. The predicted molar refractivity (Wildman–Crippen MR) is 96.2 cm³/mol. The maximum Gasteiger partial charge on any atom is 0.275 e. The molecule has 0 unspecified atom stereocenters. The van der Waals surface area contributed by atoms with Gasteiger partial charge in [0.1, 0.15) is 0 Å². The zero-order valence-corrected chi connectivity index (χ0v) is 13.6. The van der Waals surface area contributed by atoms with E-state index in [2.05, 4.69) is 46.5 Å². The fourth-order valence-corrected chi connectivity index (χ4v) is 2.84. The quantitative estimate of drug-likeness (QED) is 0.608. The van der Waals surface area contributed by atoms with Crippen LogP contribution in [-0.2, 0) is 0 Å². The number of H-pyrrole nitrogens is 1. The van der Waals surface area contributed by atoms with E-state index in [1.165, 1.54) is 10.1 Å². The molecular weight excluding hydrogens is 298 g/mol. The smallest absolute Gasteiger partial charge is 0.275 e. The highest BCUT2D eigenvalue weighted by Gasteiger charge is 2.10. The second kappa shape index (κ2) is 5.49. The number of nitrogens with zero attached hydrogens (tertiary/aromatic N) is 2. The number of rotatable bonds is 2. The molecule has 2 aromatic carbocycles. The van der Waals surface area contributed by atoms with E-state index in [9.17, 15) is 4.79 Å². The van der Waals surface area contributed by atoms with E-state index >= 15 is 0 Å². The van der Waals surface area contributed by atoms with Gasteiger partial charge in [0.05, 0.1) is 5.69 Å². The van der Waals surface area contributed by atoms with Gasteiger partial charge < -0.3 is 0 Å². The Morgan fingerprint density at radius 2 is 1.50 bits per heavy atom. The third kappa shape index (κ3) is 2.33. The van der Waals surface area contributed by atoms with Crippen LogP contribution in [0.1, 0.15) is 11.3 Å². The lowest BCUT2D eigenvalue weighted by atomic mass is 10.0. The molecule has 2 aromatic heterocycles. The summed E-state index contributed by atoms with van der Waals surface area (Å²) < 4.78 is 1.50. The van der Waals surface area contributed by atoms with Gasteiger partial charge in [-0.3, -0.25) is 9.89 Å². The van der Waals surface area contributed by atoms with E-state index in [0.29, 0.717) is 11.2 Å². The summed E-state index contributed by atoms with van der Waals surface area (Å²) in [5, 5.41) is 3.15. The van der Waals surface area contributed by atoms with Crippen LogP contribution < -0.4 is 5.56 Å². The minimum Gasteiger partial charge on any atom is -0.289 e. The topological polar surface area (TPSA) is 50.2 Å². The van der Waals surface area contributed by atoms with Crippen LogP contribution in [0.3, 0.4) is 0 Å². The Morgan fingerprint density at radius 3 is 2.21 bits per heavy atom. The second-order valence-corrected chi connectivity index (χ2v) is 5.93. The summed E-state index contributed by atoms with van der Waals surface area (Å²) in [5.41, 5.74) is 6.28. The van der Waals surface area contributed by atoms with Crippen LogP contribution in [0.25, 0.3) is 28.0 Å². The molecule has 118 valence electrons. The minimum atomic E-state index is -0.0512. The number of nitrogens with one attached hydrogen (secondary N) is 1. The SMILES string of the molecule is Cc1nc2cc(-c3ccc(-c4ccccc4)cc3)[nH]n2c(=O)c1C. The summed E-state index contributed by atoms with van der Waals surface area (Å²) in [4.78, 5) is 16.8. The van der Waals surface area contributed by atoms with Gasteiger partial charge in [-0.05, 0) is 30.5 Å². The fourth-order valence-electron chi connectivity index (χ4n) is 2.84. The average Bonchev–Trinajstić information content (AvgIpc) is 3.05. The van der Waals surface area contributed by atoms with Gasteiger partial charge in [0.25, 0.3) is 5.56 Å². The molecule has 4 heteroatoms. The Bertz CT molecular complexity index is 1070. The van der Waals surface area contributed by atoms with Crippen LogP contribution in [0.2, 0.25) is 0 Å². The van der Waals surface area contributed by atoms with Gasteiger partial charge in [-0.25, -0.2) is 9.50 Å². The molecule has 24 heavy (non-hydrogen) atoms. The van der Waals surface area contributed by atoms with Crippen molar-refractivity contribution >= 4 is 5.65 Å². The molecule has 0 fully saturated rings. The van der Waals surface area contributed by atoms with E-state index < -0.39 is 0 Å². The summed E-state index contributed by atoms with van der Waals surface area (Å²) in [7, 11) is 0. The van der Waals surface area contributed by atoms with Crippen LogP contribution in [0.5, 0.6) is 0 Å². The van der Waals surface area contributed by atoms with Gasteiger partial charge in [0.2, 0.25) is 0 Å². The molecule has 0 amide bonds. The molecule has 2 heterocycles. The Labute approximate surface area is 139 Å². The fraction of sp³-hybridized carbons (Fsp3) is 0.100. The molecule has 4 rings (SSSR count). The molecular formula is C20H17N3O. The monoisotopic (exact) mass is 315 g/mol. The summed E-state index contributed by atoms with van der Waals surface area (Å²) in [6.45, 7) is 3.66. The lowest BCUT2D eigenvalue weighted by Gasteiger charge is -2.03. The minimum absolute atomic E-state index is 0.0512. The van der Waals surface area contributed by atoms with Crippen molar-refractivity contribution in [3.05, 3.63) is 82.3 Å². The zero-order chi connectivity index (χ0) is 16.7. The lowest BCUT2D eigenvalue weighted by Crippen LogP contribution is -2.19. The van der Waals surface area contributed by atoms with E-state index in [-0.39, 0.29) is 5.56 Å². The van der Waals surface area contributed by atoms with Crippen molar-refractivity contribution in [1.82, 2.24) is 14.6 Å². The van der Waals surface area contributed by atoms with E-state index in [0.717, 1.165) is 22.5 Å². The first kappa shape index (κ1) is 14.5. The Kier molecular flexibility index (Phi) is 3.31. The number of aryl methyl sites for hydroxylation is 1. The van der Waals surface area contributed by atoms with Crippen LogP contribution in [-0.4, -0.2) is 14.6 Å². The van der Waals surface area contributed by atoms with Crippen molar-refractivity contribution < 1.29 is 0 Å². The Balaban J connectivity index is 1.78. The van der Waals surface area contributed by atoms with Gasteiger partial charge in [-0.1, -0.05) is 54.6 Å². The highest BCUT2D eigenvalue weighted by atomic mass is 16.1. The highest BCUT2D eigenvalue weighted by Crippen LogP contribution is 2.24. The number of hydrogen-bond acceptors (Lipinski definition) is 2. The van der Waals surface area contributed by atoms with Gasteiger partial charge in [-0.2, -0.15) is 0 Å². The number of fused-ring (bicyclic) bond motifs is 1. The zero-order valence-electron chi connectivity index (χ0n) is 13.6.